The van der Waals surface area contributed by atoms with Gasteiger partial charge in [-0.2, -0.15) is 5.10 Å². The van der Waals surface area contributed by atoms with E-state index in [4.69, 9.17) is 32.7 Å². The molecule has 0 saturated carbocycles. The molecule has 24 heavy (non-hydrogen) atoms. The Morgan fingerprint density at radius 3 is 2.46 bits per heavy atom. The Morgan fingerprint density at radius 1 is 1.29 bits per heavy atom. The van der Waals surface area contributed by atoms with E-state index in [1.165, 1.54) is 14.2 Å². The van der Waals surface area contributed by atoms with Crippen LogP contribution in [0.1, 0.15) is 39.6 Å². The van der Waals surface area contributed by atoms with Gasteiger partial charge in [0.1, 0.15) is 11.5 Å². The monoisotopic (exact) mass is 370 g/mol. The van der Waals surface area contributed by atoms with Gasteiger partial charge in [0.15, 0.2) is 5.69 Å². The quantitative estimate of drug-likeness (QED) is 0.856. The van der Waals surface area contributed by atoms with Crippen molar-refractivity contribution in [1.29, 1.82) is 0 Å². The first kappa shape index (κ1) is 16.9. The van der Waals surface area contributed by atoms with Crippen molar-refractivity contribution in [3.63, 3.8) is 0 Å². The van der Waals surface area contributed by atoms with Gasteiger partial charge >= 0.3 is 5.97 Å². The summed E-state index contributed by atoms with van der Waals surface area (Å²) in [5, 5.41) is 16.8. The molecule has 1 heterocycles. The zero-order valence-corrected chi connectivity index (χ0v) is 14.7. The number of carbonyl (C=O) groups is 1. The highest BCUT2D eigenvalue weighted by Gasteiger charge is 2.31. The molecule has 0 bridgehead atoms. The Balaban J connectivity index is 2.03. The van der Waals surface area contributed by atoms with Crippen LogP contribution in [-0.4, -0.2) is 35.5 Å². The van der Waals surface area contributed by atoms with Crippen LogP contribution in [0.3, 0.4) is 0 Å². The van der Waals surface area contributed by atoms with Gasteiger partial charge in [0.2, 0.25) is 0 Å². The van der Waals surface area contributed by atoms with Gasteiger partial charge in [0, 0.05) is 22.9 Å². The molecule has 8 heteroatoms. The third-order valence-electron chi connectivity index (χ3n) is 4.36. The van der Waals surface area contributed by atoms with Gasteiger partial charge in [-0.1, -0.05) is 23.2 Å². The molecule has 3 rings (SSSR count). The second-order valence-corrected chi connectivity index (χ2v) is 6.35. The second kappa shape index (κ2) is 6.53. The van der Waals surface area contributed by atoms with Crippen molar-refractivity contribution in [2.75, 3.05) is 14.2 Å². The molecule has 0 spiro atoms. The van der Waals surface area contributed by atoms with Crippen molar-refractivity contribution in [2.45, 2.75) is 25.2 Å². The van der Waals surface area contributed by atoms with Crippen molar-refractivity contribution < 1.29 is 19.4 Å². The summed E-state index contributed by atoms with van der Waals surface area (Å²) in [6.45, 7) is 0. The molecule has 1 atom stereocenters. The minimum Gasteiger partial charge on any atom is -0.495 e. The Morgan fingerprint density at radius 2 is 1.92 bits per heavy atom. The number of aromatic amines is 1. The van der Waals surface area contributed by atoms with Crippen LogP contribution in [0.15, 0.2) is 6.07 Å². The van der Waals surface area contributed by atoms with E-state index in [0.717, 1.165) is 16.8 Å². The van der Waals surface area contributed by atoms with Gasteiger partial charge in [0.05, 0.1) is 24.3 Å². The summed E-state index contributed by atoms with van der Waals surface area (Å²) in [6, 6.07) is 1.65. The zero-order valence-electron chi connectivity index (χ0n) is 13.2. The summed E-state index contributed by atoms with van der Waals surface area (Å²) in [7, 11) is 3.07. The Hall–Kier alpha value is -1.92. The van der Waals surface area contributed by atoms with Gasteiger partial charge in [0.25, 0.3) is 0 Å². The molecule has 6 nitrogen and oxygen atoms in total. The molecule has 1 aliphatic carbocycles. The third-order valence-corrected chi connectivity index (χ3v) is 5.14. The van der Waals surface area contributed by atoms with E-state index in [0.29, 0.717) is 40.8 Å². The van der Waals surface area contributed by atoms with E-state index < -0.39 is 5.97 Å². The van der Waals surface area contributed by atoms with Crippen LogP contribution in [0.4, 0.5) is 0 Å². The molecule has 0 aliphatic heterocycles. The molecule has 0 saturated heterocycles. The Bertz CT molecular complexity index is 776. The smallest absolute Gasteiger partial charge is 0.356 e. The lowest BCUT2D eigenvalue weighted by atomic mass is 9.82. The van der Waals surface area contributed by atoms with Gasteiger partial charge < -0.3 is 14.6 Å². The number of ether oxygens (including phenoxy) is 2. The number of hydrogen-bond donors (Lipinski definition) is 2. The topological polar surface area (TPSA) is 84.4 Å². The first-order chi connectivity index (χ1) is 11.5. The van der Waals surface area contributed by atoms with Crippen molar-refractivity contribution in [1.82, 2.24) is 10.2 Å². The maximum Gasteiger partial charge on any atom is 0.356 e. The van der Waals surface area contributed by atoms with Gasteiger partial charge in [-0.25, -0.2) is 4.79 Å². The number of aromatic nitrogens is 2. The van der Waals surface area contributed by atoms with Crippen LogP contribution in [0, 0.1) is 0 Å². The molecule has 0 amide bonds. The average molecular weight is 371 g/mol. The third kappa shape index (κ3) is 2.70. The van der Waals surface area contributed by atoms with Crippen LogP contribution in [0.25, 0.3) is 0 Å². The number of nitrogens with one attached hydrogen (secondary N) is 1. The van der Waals surface area contributed by atoms with Gasteiger partial charge in [-0.15, -0.1) is 0 Å². The highest BCUT2D eigenvalue weighted by Crippen LogP contribution is 2.47. The molecule has 2 aromatic rings. The van der Waals surface area contributed by atoms with Crippen LogP contribution < -0.4 is 9.47 Å². The summed E-state index contributed by atoms with van der Waals surface area (Å²) < 4.78 is 10.6. The summed E-state index contributed by atoms with van der Waals surface area (Å²) in [5.74, 6) is -0.0160. The summed E-state index contributed by atoms with van der Waals surface area (Å²) >= 11 is 12.9. The average Bonchev–Trinajstić information content (AvgIpc) is 2.99. The molecular formula is C16H16Cl2N2O4. The van der Waals surface area contributed by atoms with Crippen molar-refractivity contribution in [2.24, 2.45) is 0 Å². The predicted octanol–water partition coefficient (Wildman–Crippen LogP) is 3.70. The number of carboxylic acid groups (broad SMARTS) is 1. The van der Waals surface area contributed by atoms with Gasteiger partial charge in [-0.3, -0.25) is 5.10 Å². The van der Waals surface area contributed by atoms with E-state index in [1.807, 2.05) is 0 Å². The number of methoxy groups -OCH3 is 2. The molecule has 1 aromatic carbocycles. The number of carboxylic acids is 1. The number of halogens is 2. The maximum atomic E-state index is 11.2. The van der Waals surface area contributed by atoms with E-state index in [1.54, 1.807) is 6.07 Å². The van der Waals surface area contributed by atoms with Gasteiger partial charge in [-0.05, 0) is 25.2 Å². The largest absolute Gasteiger partial charge is 0.495 e. The van der Waals surface area contributed by atoms with E-state index in [-0.39, 0.29) is 11.6 Å². The molecule has 1 aliphatic rings. The molecule has 0 radical (unpaired) electrons. The van der Waals surface area contributed by atoms with Crippen molar-refractivity contribution in [3.05, 3.63) is 38.6 Å². The van der Waals surface area contributed by atoms with Crippen LogP contribution in [0.2, 0.25) is 10.0 Å². The fourth-order valence-electron chi connectivity index (χ4n) is 3.19. The molecule has 1 aromatic heterocycles. The Labute approximate surface area is 148 Å². The second-order valence-electron chi connectivity index (χ2n) is 5.60. The fourth-order valence-corrected chi connectivity index (χ4v) is 4.00. The molecule has 1 unspecified atom stereocenters. The van der Waals surface area contributed by atoms with E-state index in [9.17, 15) is 9.90 Å². The van der Waals surface area contributed by atoms with E-state index in [2.05, 4.69) is 10.2 Å². The zero-order chi connectivity index (χ0) is 17.4. The summed E-state index contributed by atoms with van der Waals surface area (Å²) in [4.78, 5) is 11.2. The van der Waals surface area contributed by atoms with Crippen LogP contribution >= 0.6 is 23.2 Å². The first-order valence-corrected chi connectivity index (χ1v) is 8.12. The lowest BCUT2D eigenvalue weighted by Crippen LogP contribution is -2.15. The molecule has 128 valence electrons. The fraction of sp³-hybridized carbons (Fsp3) is 0.375. The summed E-state index contributed by atoms with van der Waals surface area (Å²) in [5.41, 5.74) is 2.40. The van der Waals surface area contributed by atoms with Crippen molar-refractivity contribution in [3.8, 4) is 11.5 Å². The lowest BCUT2D eigenvalue weighted by Gasteiger charge is -2.25. The van der Waals surface area contributed by atoms with Crippen LogP contribution in [-0.2, 0) is 12.8 Å². The number of aromatic carboxylic acids is 1. The SMILES string of the molecule is COc1cc(OC)c(Cl)c(C2CCc3c(C(=O)O)n[nH]c3C2)c1Cl. The predicted molar refractivity (Wildman–Crippen MR) is 89.9 cm³/mol. The molecule has 0 fully saturated rings. The minimum absolute atomic E-state index is 0.0172. The highest BCUT2D eigenvalue weighted by molar-refractivity contribution is 6.38. The molecular weight excluding hydrogens is 355 g/mol. The van der Waals surface area contributed by atoms with E-state index >= 15 is 0 Å². The summed E-state index contributed by atoms with van der Waals surface area (Å²) in [6.07, 6.45) is 1.87. The first-order valence-electron chi connectivity index (χ1n) is 7.37. The number of H-pyrrole nitrogens is 1. The minimum atomic E-state index is -1.02. The number of hydrogen-bond acceptors (Lipinski definition) is 4. The normalized spacial score (nSPS) is 16.6. The number of fused-ring (bicyclic) bond motifs is 1. The molecule has 2 N–H and O–H groups in total. The lowest BCUT2D eigenvalue weighted by molar-refractivity contribution is 0.0689. The maximum absolute atomic E-state index is 11.2. The standard InChI is InChI=1S/C16H16Cl2N2O4/c1-23-10-6-11(24-2)14(18)12(13(10)17)7-3-4-8-9(5-7)19-20-15(8)16(21)22/h6-7H,3-5H2,1-2H3,(H,19,20)(H,21,22). The number of rotatable bonds is 4. The number of nitrogens with zero attached hydrogens (tertiary/aromatic N) is 1. The van der Waals surface area contributed by atoms with Crippen LogP contribution in [0.5, 0.6) is 11.5 Å². The highest BCUT2D eigenvalue weighted by atomic mass is 35.5. The Kier molecular flexibility index (Phi) is 4.60. The van der Waals surface area contributed by atoms with Crippen molar-refractivity contribution >= 4 is 29.2 Å². The number of benzene rings is 1.